The van der Waals surface area contributed by atoms with Crippen molar-refractivity contribution in [1.29, 1.82) is 0 Å². The SMILES string of the molecule is CC1(C)O[C@H]2[C@@H](O1)[C@@H](CO[C@H]1O[C@H](COS(=O)(=O)OCC(F)(F)F)[C@H](OCc3ccccc3)[C@H](OC(=O)c3ccccc3)[C@H]1N=[N+]=[N-])O[C@@H]1OC(C)(C)O[C@@H]12. The molecule has 0 amide bonds. The Morgan fingerprint density at radius 2 is 1.45 bits per heavy atom. The summed E-state index contributed by atoms with van der Waals surface area (Å²) >= 11 is 0. The summed E-state index contributed by atoms with van der Waals surface area (Å²) in [4.78, 5) is 16.4. The van der Waals surface area contributed by atoms with Crippen molar-refractivity contribution in [2.75, 3.05) is 19.8 Å². The number of carbonyl (C=O) groups excluding carboxylic acids is 1. The number of alkyl halides is 3. The van der Waals surface area contributed by atoms with Crippen LogP contribution >= 0.6 is 0 Å². The summed E-state index contributed by atoms with van der Waals surface area (Å²) in [5, 5.41) is 3.85. The van der Waals surface area contributed by atoms with Crippen molar-refractivity contribution in [1.82, 2.24) is 0 Å². The molecule has 4 aliphatic heterocycles. The van der Waals surface area contributed by atoms with E-state index in [9.17, 15) is 31.9 Å². The number of halogens is 3. The summed E-state index contributed by atoms with van der Waals surface area (Å²) in [6.45, 7) is 3.16. The fraction of sp³-hybridized carbons (Fsp3) is 0.618. The Kier molecular flexibility index (Phi) is 12.4. The maximum absolute atomic E-state index is 13.5. The number of esters is 1. The summed E-state index contributed by atoms with van der Waals surface area (Å²) in [7, 11) is -5.26. The average molecular weight is 804 g/mol. The predicted octanol–water partition coefficient (Wildman–Crippen LogP) is 4.45. The predicted molar refractivity (Wildman–Crippen MR) is 178 cm³/mol. The molecule has 2 aromatic carbocycles. The molecule has 0 unspecified atom stereocenters. The van der Waals surface area contributed by atoms with Gasteiger partial charge in [0.1, 0.15) is 48.8 Å². The third kappa shape index (κ3) is 10.5. The second-order valence-electron chi connectivity index (χ2n) is 13.8. The molecule has 21 heteroatoms. The van der Waals surface area contributed by atoms with Gasteiger partial charge in [0.15, 0.2) is 30.8 Å². The van der Waals surface area contributed by atoms with Crippen LogP contribution in [0, 0.1) is 0 Å². The molecule has 4 aliphatic rings. The zero-order valence-corrected chi connectivity index (χ0v) is 30.8. The van der Waals surface area contributed by atoms with Crippen LogP contribution in [0.1, 0.15) is 43.6 Å². The molecule has 0 spiro atoms. The second kappa shape index (κ2) is 16.6. The number of rotatable bonds is 14. The Hall–Kier alpha value is -3.44. The highest BCUT2D eigenvalue weighted by molar-refractivity contribution is 7.81. The lowest BCUT2D eigenvalue weighted by atomic mass is 9.96. The lowest BCUT2D eigenvalue weighted by molar-refractivity contribution is -0.294. The van der Waals surface area contributed by atoms with Crippen LogP contribution in [0.5, 0.6) is 0 Å². The van der Waals surface area contributed by atoms with Crippen molar-refractivity contribution in [3.8, 4) is 0 Å². The van der Waals surface area contributed by atoms with Gasteiger partial charge in [-0.25, -0.2) is 13.2 Å². The normalized spacial score (nSPS) is 32.6. The third-order valence-corrected chi connectivity index (χ3v) is 9.59. The standard InChI is InChI=1S/C34H40F3N3O14S/c1-32(2)51-25-21(49-31-28(27(25)52-32)53-33(3,4)54-31)16-45-30-23(39-40-38)26(50-29(41)20-13-9-6-10-14-20)24(44-15-19-11-7-5-8-12-19)22(48-30)17-46-55(42,43)47-18-34(35,36)37/h5-14,21-28,30-31H,15-18H2,1-4H3/t21-,22-,23-,24+,25+,26-,27+,28-,30+,31-/m1/s1. The van der Waals surface area contributed by atoms with E-state index in [2.05, 4.69) is 14.2 Å². The molecule has 4 heterocycles. The molecular weight excluding hydrogens is 763 g/mol. The minimum Gasteiger partial charge on any atom is -0.455 e. The summed E-state index contributed by atoms with van der Waals surface area (Å²) < 4.78 is 127. The van der Waals surface area contributed by atoms with E-state index < -0.39 is 109 Å². The van der Waals surface area contributed by atoms with E-state index in [1.807, 2.05) is 0 Å². The number of hydrogen-bond acceptors (Lipinski definition) is 15. The molecule has 0 radical (unpaired) electrons. The maximum Gasteiger partial charge on any atom is 0.413 e. The monoisotopic (exact) mass is 803 g/mol. The molecule has 17 nitrogen and oxygen atoms in total. The van der Waals surface area contributed by atoms with Crippen LogP contribution in [0.3, 0.4) is 0 Å². The molecule has 6 rings (SSSR count). The van der Waals surface area contributed by atoms with Gasteiger partial charge in [-0.15, -0.1) is 0 Å². The Bertz CT molecular complexity index is 1780. The highest BCUT2D eigenvalue weighted by Crippen LogP contribution is 2.44. The van der Waals surface area contributed by atoms with Gasteiger partial charge in [-0.05, 0) is 50.9 Å². The van der Waals surface area contributed by atoms with Gasteiger partial charge < -0.3 is 42.6 Å². The molecule has 4 saturated heterocycles. The molecule has 4 fully saturated rings. The van der Waals surface area contributed by atoms with Gasteiger partial charge in [0, 0.05) is 4.91 Å². The summed E-state index contributed by atoms with van der Waals surface area (Å²) in [6.07, 6.45) is -15.1. The smallest absolute Gasteiger partial charge is 0.413 e. The third-order valence-electron chi connectivity index (χ3n) is 8.76. The molecular formula is C34H40F3N3O14S. The number of azide groups is 1. The van der Waals surface area contributed by atoms with Crippen molar-refractivity contribution >= 4 is 16.4 Å². The first kappa shape index (κ1) is 41.2. The molecule has 10 atom stereocenters. The van der Waals surface area contributed by atoms with Crippen molar-refractivity contribution in [3.63, 3.8) is 0 Å². The Labute approximate surface area is 314 Å². The number of carbonyl (C=O) groups is 1. The molecule has 55 heavy (non-hydrogen) atoms. The molecule has 0 aromatic heterocycles. The summed E-state index contributed by atoms with van der Waals surface area (Å²) in [5.41, 5.74) is 10.4. The summed E-state index contributed by atoms with van der Waals surface area (Å²) in [6, 6.07) is 14.9. The molecule has 0 N–H and O–H groups in total. The first-order valence-corrected chi connectivity index (χ1v) is 18.5. The van der Waals surface area contributed by atoms with Gasteiger partial charge in [0.2, 0.25) is 0 Å². The Morgan fingerprint density at radius 1 is 0.818 bits per heavy atom. The van der Waals surface area contributed by atoms with Gasteiger partial charge in [-0.2, -0.15) is 21.6 Å². The first-order chi connectivity index (χ1) is 25.9. The maximum atomic E-state index is 13.5. The molecule has 302 valence electrons. The van der Waals surface area contributed by atoms with E-state index in [4.69, 9.17) is 46.8 Å². The summed E-state index contributed by atoms with van der Waals surface area (Å²) in [5.74, 6) is -2.96. The Morgan fingerprint density at radius 3 is 2.13 bits per heavy atom. The lowest BCUT2D eigenvalue weighted by Crippen LogP contribution is -2.62. The largest absolute Gasteiger partial charge is 0.455 e. The number of benzene rings is 2. The van der Waals surface area contributed by atoms with Crippen molar-refractivity contribution in [3.05, 3.63) is 82.2 Å². The molecule has 0 saturated carbocycles. The van der Waals surface area contributed by atoms with Crippen LogP contribution in [-0.2, 0) is 68.0 Å². The zero-order chi connectivity index (χ0) is 39.6. The van der Waals surface area contributed by atoms with E-state index in [1.54, 1.807) is 76.2 Å². The van der Waals surface area contributed by atoms with Gasteiger partial charge in [-0.1, -0.05) is 53.6 Å². The van der Waals surface area contributed by atoms with E-state index >= 15 is 0 Å². The number of ether oxygens (including phenoxy) is 9. The molecule has 0 bridgehead atoms. The van der Waals surface area contributed by atoms with Crippen LogP contribution in [0.25, 0.3) is 10.4 Å². The quantitative estimate of drug-likeness (QED) is 0.112. The molecule has 2 aromatic rings. The Balaban J connectivity index is 1.30. The van der Waals surface area contributed by atoms with Gasteiger partial charge in [-0.3, -0.25) is 0 Å². The first-order valence-electron chi connectivity index (χ1n) is 17.1. The fourth-order valence-corrected chi connectivity index (χ4v) is 7.20. The highest BCUT2D eigenvalue weighted by Gasteiger charge is 2.61. The number of hydrogen-bond donors (Lipinski definition) is 0. The van der Waals surface area contributed by atoms with Crippen LogP contribution in [0.2, 0.25) is 0 Å². The second-order valence-corrected chi connectivity index (χ2v) is 15.1. The molecule has 0 aliphatic carbocycles. The van der Waals surface area contributed by atoms with Crippen LogP contribution in [0.4, 0.5) is 13.2 Å². The van der Waals surface area contributed by atoms with Gasteiger partial charge in [0.05, 0.1) is 25.4 Å². The van der Waals surface area contributed by atoms with Crippen LogP contribution < -0.4 is 0 Å². The zero-order valence-electron chi connectivity index (χ0n) is 30.0. The van der Waals surface area contributed by atoms with E-state index in [0.29, 0.717) is 5.56 Å². The lowest BCUT2D eigenvalue weighted by Gasteiger charge is -2.44. The minimum atomic E-state index is -5.26. The van der Waals surface area contributed by atoms with Crippen molar-refractivity contribution in [2.45, 2.75) is 113 Å². The van der Waals surface area contributed by atoms with E-state index in [1.165, 1.54) is 12.1 Å². The average Bonchev–Trinajstić information content (AvgIpc) is 3.63. The fourth-order valence-electron chi connectivity index (χ4n) is 6.55. The van der Waals surface area contributed by atoms with E-state index in [0.717, 1.165) is 0 Å². The van der Waals surface area contributed by atoms with Gasteiger partial charge in [0.25, 0.3) is 0 Å². The van der Waals surface area contributed by atoms with Crippen molar-refractivity contribution < 1.29 is 77.4 Å². The van der Waals surface area contributed by atoms with Crippen LogP contribution in [0.15, 0.2) is 65.8 Å². The minimum absolute atomic E-state index is 0.0998. The van der Waals surface area contributed by atoms with Crippen molar-refractivity contribution in [2.24, 2.45) is 5.11 Å². The van der Waals surface area contributed by atoms with Crippen LogP contribution in [-0.4, -0.2) is 113 Å². The van der Waals surface area contributed by atoms with Gasteiger partial charge >= 0.3 is 22.5 Å². The highest BCUT2D eigenvalue weighted by atomic mass is 32.3. The topological polar surface area (TPSA) is 202 Å². The van der Waals surface area contributed by atoms with E-state index in [-0.39, 0.29) is 18.8 Å². The number of nitrogens with zero attached hydrogens (tertiary/aromatic N) is 3. The number of fused-ring (bicyclic) bond motifs is 3.